The Kier molecular flexibility index (Phi) is 3.46. The molecule has 1 aliphatic rings. The molecule has 1 aliphatic heterocycles. The van der Waals surface area contributed by atoms with Crippen LogP contribution in [0.4, 0.5) is 0 Å². The number of imidazole rings is 1. The Labute approximate surface area is 119 Å². The van der Waals surface area contributed by atoms with Crippen molar-refractivity contribution in [2.45, 2.75) is 24.3 Å². The maximum atomic E-state index is 5.74. The van der Waals surface area contributed by atoms with E-state index in [-0.39, 0.29) is 0 Å². The number of hydrogen-bond donors (Lipinski definition) is 2. The molecule has 0 unspecified atom stereocenters. The predicted molar refractivity (Wildman–Crippen MR) is 78.7 cm³/mol. The first kappa shape index (κ1) is 12.3. The maximum Gasteiger partial charge on any atom is 0.175 e. The lowest BCUT2D eigenvalue weighted by Crippen LogP contribution is -2.01. The van der Waals surface area contributed by atoms with Crippen molar-refractivity contribution in [2.75, 3.05) is 5.75 Å². The number of rotatable bonds is 2. The van der Waals surface area contributed by atoms with Crippen LogP contribution in [0, 0.1) is 0 Å². The van der Waals surface area contributed by atoms with E-state index in [1.54, 1.807) is 0 Å². The summed E-state index contributed by atoms with van der Waals surface area (Å²) >= 11 is 5.32. The summed E-state index contributed by atoms with van der Waals surface area (Å²) in [6, 6.07) is 6.60. The van der Waals surface area contributed by atoms with E-state index in [1.165, 1.54) is 29.1 Å². The first-order chi connectivity index (χ1) is 8.78. The number of fused-ring (bicyclic) bond motifs is 1. The van der Waals surface area contributed by atoms with Crippen LogP contribution in [0.5, 0.6) is 0 Å². The van der Waals surface area contributed by atoms with Gasteiger partial charge in [0.2, 0.25) is 0 Å². The molecule has 3 rings (SSSR count). The van der Waals surface area contributed by atoms with Crippen molar-refractivity contribution in [1.82, 2.24) is 9.97 Å². The summed E-state index contributed by atoms with van der Waals surface area (Å²) in [4.78, 5) is 9.03. The van der Waals surface area contributed by atoms with Gasteiger partial charge in [-0.25, -0.2) is 4.98 Å². The average Bonchev–Trinajstić information content (AvgIpc) is 2.79. The molecule has 0 amide bonds. The van der Waals surface area contributed by atoms with Gasteiger partial charge in [0.25, 0.3) is 0 Å². The molecule has 0 spiro atoms. The van der Waals surface area contributed by atoms with Gasteiger partial charge in [0.15, 0.2) is 4.73 Å². The second kappa shape index (κ2) is 5.07. The van der Waals surface area contributed by atoms with Crippen LogP contribution < -0.4 is 5.73 Å². The van der Waals surface area contributed by atoms with Crippen molar-refractivity contribution >= 4 is 27.7 Å². The highest BCUT2D eigenvalue weighted by Crippen LogP contribution is 2.33. The molecule has 0 fully saturated rings. The van der Waals surface area contributed by atoms with Crippen LogP contribution in [0.3, 0.4) is 0 Å². The second-order valence-corrected chi connectivity index (χ2v) is 6.22. The number of benzene rings is 1. The molecule has 0 saturated carbocycles. The van der Waals surface area contributed by atoms with Gasteiger partial charge in [-0.1, -0.05) is 6.07 Å². The number of thioether (sulfide) groups is 1. The number of H-pyrrole nitrogens is 1. The number of aromatic amines is 1. The number of aromatic nitrogens is 2. The summed E-state index contributed by atoms with van der Waals surface area (Å²) in [6.07, 6.45) is 2.43. The van der Waals surface area contributed by atoms with Gasteiger partial charge >= 0.3 is 0 Å². The molecule has 18 heavy (non-hydrogen) atoms. The zero-order valence-electron chi connectivity index (χ0n) is 9.87. The topological polar surface area (TPSA) is 54.7 Å². The van der Waals surface area contributed by atoms with Crippen molar-refractivity contribution in [3.8, 4) is 11.3 Å². The Morgan fingerprint density at radius 2 is 2.33 bits per heavy atom. The molecule has 5 heteroatoms. The van der Waals surface area contributed by atoms with E-state index in [0.29, 0.717) is 6.54 Å². The molecule has 0 bridgehead atoms. The van der Waals surface area contributed by atoms with Crippen LogP contribution in [0.1, 0.15) is 17.7 Å². The summed E-state index contributed by atoms with van der Waals surface area (Å²) in [5.74, 6) is 1.23. The molecule has 2 heterocycles. The number of nitrogens with one attached hydrogen (secondary N) is 1. The monoisotopic (exact) mass is 323 g/mol. The van der Waals surface area contributed by atoms with Gasteiger partial charge in [-0.2, -0.15) is 0 Å². The number of aryl methyl sites for hydroxylation is 1. The molecular weight excluding hydrogens is 310 g/mol. The van der Waals surface area contributed by atoms with Crippen LogP contribution in [-0.4, -0.2) is 15.7 Å². The lowest BCUT2D eigenvalue weighted by molar-refractivity contribution is 0.890. The SMILES string of the molecule is NCc1[nH]c(Br)nc1-c1ccc2c(c1)CCCS2. The fourth-order valence-corrected chi connectivity index (χ4v) is 3.71. The maximum absolute atomic E-state index is 5.74. The van der Waals surface area contributed by atoms with E-state index in [4.69, 9.17) is 5.73 Å². The van der Waals surface area contributed by atoms with Crippen LogP contribution in [0.15, 0.2) is 27.8 Å². The zero-order valence-corrected chi connectivity index (χ0v) is 12.3. The largest absolute Gasteiger partial charge is 0.335 e. The first-order valence-corrected chi connectivity index (χ1v) is 7.76. The molecule has 0 radical (unpaired) electrons. The van der Waals surface area contributed by atoms with Crippen LogP contribution >= 0.6 is 27.7 Å². The highest BCUT2D eigenvalue weighted by molar-refractivity contribution is 9.10. The van der Waals surface area contributed by atoms with Crippen LogP contribution in [0.25, 0.3) is 11.3 Å². The third-order valence-electron chi connectivity index (χ3n) is 3.14. The van der Waals surface area contributed by atoms with Gasteiger partial charge in [-0.15, -0.1) is 11.8 Å². The van der Waals surface area contributed by atoms with E-state index >= 15 is 0 Å². The molecule has 0 atom stereocenters. The van der Waals surface area contributed by atoms with Gasteiger partial charge in [0.05, 0.1) is 11.4 Å². The van der Waals surface area contributed by atoms with E-state index < -0.39 is 0 Å². The zero-order chi connectivity index (χ0) is 12.5. The Hall–Kier alpha value is -0.780. The molecule has 1 aromatic heterocycles. The van der Waals surface area contributed by atoms with Gasteiger partial charge in [0, 0.05) is 17.0 Å². The molecule has 94 valence electrons. The third-order valence-corrected chi connectivity index (χ3v) is 4.71. The lowest BCUT2D eigenvalue weighted by atomic mass is 10.0. The Bertz CT molecular complexity index is 580. The Balaban J connectivity index is 2.06. The van der Waals surface area contributed by atoms with E-state index in [1.807, 2.05) is 11.8 Å². The summed E-state index contributed by atoms with van der Waals surface area (Å²) in [5, 5.41) is 0. The lowest BCUT2D eigenvalue weighted by Gasteiger charge is -2.15. The highest BCUT2D eigenvalue weighted by Gasteiger charge is 2.14. The molecule has 3 nitrogen and oxygen atoms in total. The van der Waals surface area contributed by atoms with Crippen molar-refractivity contribution in [2.24, 2.45) is 5.73 Å². The minimum Gasteiger partial charge on any atom is -0.335 e. The van der Waals surface area contributed by atoms with Crippen molar-refractivity contribution in [3.05, 3.63) is 34.2 Å². The normalized spacial score (nSPS) is 14.6. The molecule has 0 saturated heterocycles. The summed E-state index contributed by atoms with van der Waals surface area (Å²) < 4.78 is 0.741. The van der Waals surface area contributed by atoms with Gasteiger partial charge in [0.1, 0.15) is 0 Å². The summed E-state index contributed by atoms with van der Waals surface area (Å²) in [5.41, 5.74) is 10.3. The predicted octanol–water partition coefficient (Wildman–Crippen LogP) is 3.34. The number of hydrogen-bond acceptors (Lipinski definition) is 3. The van der Waals surface area contributed by atoms with E-state index in [0.717, 1.165) is 21.7 Å². The fraction of sp³-hybridized carbons (Fsp3) is 0.308. The number of halogens is 1. The second-order valence-electron chi connectivity index (χ2n) is 4.33. The smallest absolute Gasteiger partial charge is 0.175 e. The summed E-state index contributed by atoms with van der Waals surface area (Å²) in [6.45, 7) is 0.472. The quantitative estimate of drug-likeness (QED) is 0.891. The van der Waals surface area contributed by atoms with Crippen molar-refractivity contribution in [3.63, 3.8) is 0 Å². The van der Waals surface area contributed by atoms with Crippen LogP contribution in [-0.2, 0) is 13.0 Å². The molecule has 0 aliphatic carbocycles. The standard InChI is InChI=1S/C13H14BrN3S/c14-13-16-10(7-15)12(17-13)9-3-4-11-8(6-9)2-1-5-18-11/h3-4,6H,1-2,5,7,15H2,(H,16,17). The highest BCUT2D eigenvalue weighted by atomic mass is 79.9. The molecule has 3 N–H and O–H groups in total. The molecular formula is C13H14BrN3S. The van der Waals surface area contributed by atoms with Crippen LogP contribution in [0.2, 0.25) is 0 Å². The van der Waals surface area contributed by atoms with E-state index in [2.05, 4.69) is 44.1 Å². The Morgan fingerprint density at radius 3 is 3.17 bits per heavy atom. The minimum atomic E-state index is 0.472. The first-order valence-electron chi connectivity index (χ1n) is 5.98. The van der Waals surface area contributed by atoms with Gasteiger partial charge in [-0.05, 0) is 52.2 Å². The number of nitrogens with zero attached hydrogens (tertiary/aromatic N) is 1. The molecule has 2 aromatic rings. The van der Waals surface area contributed by atoms with E-state index in [9.17, 15) is 0 Å². The summed E-state index contributed by atoms with van der Waals surface area (Å²) in [7, 11) is 0. The average molecular weight is 324 g/mol. The van der Waals surface area contributed by atoms with Crippen molar-refractivity contribution in [1.29, 1.82) is 0 Å². The van der Waals surface area contributed by atoms with Gasteiger partial charge in [-0.3, -0.25) is 0 Å². The Morgan fingerprint density at radius 1 is 1.44 bits per heavy atom. The number of nitrogens with two attached hydrogens (primary N) is 1. The van der Waals surface area contributed by atoms with Gasteiger partial charge < -0.3 is 10.7 Å². The minimum absolute atomic E-state index is 0.472. The third kappa shape index (κ3) is 2.22. The van der Waals surface area contributed by atoms with Crippen molar-refractivity contribution < 1.29 is 0 Å². The fourth-order valence-electron chi connectivity index (χ4n) is 2.27. The molecule has 1 aromatic carbocycles.